The average Bonchev–Trinajstić information content (AvgIpc) is 2.92. The van der Waals surface area contributed by atoms with Crippen molar-refractivity contribution < 1.29 is 4.79 Å². The molecule has 1 saturated heterocycles. The largest absolute Gasteiger partial charge is 0.312 e. The summed E-state index contributed by atoms with van der Waals surface area (Å²) in [4.78, 5) is 12.1. The summed E-state index contributed by atoms with van der Waals surface area (Å²) in [5, 5.41) is 3.47. The van der Waals surface area contributed by atoms with E-state index >= 15 is 0 Å². The topological polar surface area (TPSA) is 29.1 Å². The zero-order chi connectivity index (χ0) is 11.7. The summed E-state index contributed by atoms with van der Waals surface area (Å²) in [6, 6.07) is 0.458. The van der Waals surface area contributed by atoms with Crippen LogP contribution in [0.4, 0.5) is 0 Å². The third kappa shape index (κ3) is 2.87. The van der Waals surface area contributed by atoms with Gasteiger partial charge in [-0.1, -0.05) is 6.42 Å². The maximum absolute atomic E-state index is 12.1. The summed E-state index contributed by atoms with van der Waals surface area (Å²) in [5.74, 6) is 5.47. The summed E-state index contributed by atoms with van der Waals surface area (Å²) in [6.07, 6.45) is 7.28. The number of thioether (sulfide) groups is 1. The fourth-order valence-electron chi connectivity index (χ4n) is 4.03. The molecular weight excluding hydrogens is 230 g/mol. The van der Waals surface area contributed by atoms with Crippen LogP contribution in [0.2, 0.25) is 0 Å². The van der Waals surface area contributed by atoms with E-state index in [0.29, 0.717) is 11.8 Å². The Morgan fingerprint density at radius 3 is 2.82 bits per heavy atom. The van der Waals surface area contributed by atoms with Crippen molar-refractivity contribution in [2.45, 2.75) is 44.6 Å². The van der Waals surface area contributed by atoms with Gasteiger partial charge in [-0.05, 0) is 37.0 Å². The molecule has 96 valence electrons. The molecule has 0 aromatic carbocycles. The van der Waals surface area contributed by atoms with Crippen molar-refractivity contribution in [1.82, 2.24) is 5.32 Å². The van der Waals surface area contributed by atoms with Gasteiger partial charge in [-0.25, -0.2) is 0 Å². The molecule has 0 spiro atoms. The van der Waals surface area contributed by atoms with Gasteiger partial charge in [-0.15, -0.1) is 0 Å². The molecule has 2 nitrogen and oxygen atoms in total. The first-order chi connectivity index (χ1) is 8.31. The predicted octanol–water partition coefficient (Wildman–Crippen LogP) is 2.48. The van der Waals surface area contributed by atoms with Crippen LogP contribution in [0.15, 0.2) is 0 Å². The maximum Gasteiger partial charge on any atom is 0.134 e. The lowest BCUT2D eigenvalue weighted by Gasteiger charge is -2.24. The van der Waals surface area contributed by atoms with Crippen LogP contribution >= 0.6 is 11.8 Å². The van der Waals surface area contributed by atoms with E-state index in [-0.39, 0.29) is 0 Å². The number of rotatable bonds is 4. The third-order valence-corrected chi connectivity index (χ3v) is 5.98. The Kier molecular flexibility index (Phi) is 3.76. The monoisotopic (exact) mass is 253 g/mol. The maximum atomic E-state index is 12.1. The predicted molar refractivity (Wildman–Crippen MR) is 72.3 cm³/mol. The Balaban J connectivity index is 1.44. The van der Waals surface area contributed by atoms with E-state index in [0.717, 1.165) is 42.9 Å². The van der Waals surface area contributed by atoms with Crippen LogP contribution in [0.5, 0.6) is 0 Å². The molecule has 1 heterocycles. The van der Waals surface area contributed by atoms with Crippen molar-refractivity contribution in [3.8, 4) is 0 Å². The smallest absolute Gasteiger partial charge is 0.134 e. The molecule has 2 saturated carbocycles. The highest BCUT2D eigenvalue weighted by molar-refractivity contribution is 7.99. The first kappa shape index (κ1) is 12.0. The highest BCUT2D eigenvalue weighted by Gasteiger charge is 2.40. The zero-order valence-electron chi connectivity index (χ0n) is 10.5. The minimum Gasteiger partial charge on any atom is -0.312 e. The summed E-state index contributed by atoms with van der Waals surface area (Å²) in [7, 11) is 0. The molecule has 4 atom stereocenters. The van der Waals surface area contributed by atoms with Gasteiger partial charge in [0.15, 0.2) is 0 Å². The summed E-state index contributed by atoms with van der Waals surface area (Å²) >= 11 is 1.99. The fraction of sp³-hybridized carbons (Fsp3) is 0.929. The van der Waals surface area contributed by atoms with E-state index in [1.54, 1.807) is 0 Å². The van der Waals surface area contributed by atoms with Crippen molar-refractivity contribution in [3.63, 3.8) is 0 Å². The Bertz CT molecular complexity index is 288. The first-order valence-corrected chi connectivity index (χ1v) is 8.29. The van der Waals surface area contributed by atoms with E-state index in [2.05, 4.69) is 5.32 Å². The van der Waals surface area contributed by atoms with E-state index in [1.807, 2.05) is 11.8 Å². The lowest BCUT2D eigenvalue weighted by Crippen LogP contribution is -2.39. The quantitative estimate of drug-likeness (QED) is 0.834. The molecule has 3 aliphatic rings. The van der Waals surface area contributed by atoms with E-state index in [9.17, 15) is 4.79 Å². The van der Waals surface area contributed by atoms with E-state index in [1.165, 1.54) is 31.4 Å². The van der Waals surface area contributed by atoms with Gasteiger partial charge in [-0.3, -0.25) is 4.79 Å². The summed E-state index contributed by atoms with van der Waals surface area (Å²) in [6.45, 7) is 1.08. The average molecular weight is 253 g/mol. The molecule has 4 unspecified atom stereocenters. The number of ketones is 1. The summed E-state index contributed by atoms with van der Waals surface area (Å²) < 4.78 is 0. The highest BCUT2D eigenvalue weighted by atomic mass is 32.2. The van der Waals surface area contributed by atoms with Gasteiger partial charge >= 0.3 is 0 Å². The Morgan fingerprint density at radius 2 is 2.18 bits per heavy atom. The van der Waals surface area contributed by atoms with Crippen LogP contribution in [0.1, 0.15) is 38.5 Å². The summed E-state index contributed by atoms with van der Waals surface area (Å²) in [5.41, 5.74) is 0. The number of carbonyl (C=O) groups excluding carboxylic acids is 1. The lowest BCUT2D eigenvalue weighted by molar-refractivity contribution is -0.120. The SMILES string of the molecule is O=C(CC1CSCCN1)CC1CC2CCC1C2. The second kappa shape index (κ2) is 5.31. The molecule has 2 bridgehead atoms. The van der Waals surface area contributed by atoms with Crippen LogP contribution in [0.25, 0.3) is 0 Å². The molecule has 0 aromatic heterocycles. The molecular formula is C14H23NOS. The Morgan fingerprint density at radius 1 is 1.24 bits per heavy atom. The fourth-order valence-corrected chi connectivity index (χ4v) is 4.98. The number of fused-ring (bicyclic) bond motifs is 2. The van der Waals surface area contributed by atoms with Gasteiger partial charge in [0.2, 0.25) is 0 Å². The van der Waals surface area contributed by atoms with Crippen molar-refractivity contribution in [2.24, 2.45) is 17.8 Å². The van der Waals surface area contributed by atoms with Gasteiger partial charge in [0.25, 0.3) is 0 Å². The van der Waals surface area contributed by atoms with E-state index in [4.69, 9.17) is 0 Å². The van der Waals surface area contributed by atoms with Crippen molar-refractivity contribution in [1.29, 1.82) is 0 Å². The number of nitrogens with one attached hydrogen (secondary N) is 1. The van der Waals surface area contributed by atoms with E-state index < -0.39 is 0 Å². The zero-order valence-corrected chi connectivity index (χ0v) is 11.3. The van der Waals surface area contributed by atoms with Crippen LogP contribution in [0.3, 0.4) is 0 Å². The molecule has 1 N–H and O–H groups in total. The standard InChI is InChI=1S/C14H23NOS/c16-14(8-13-9-17-4-3-15-13)7-12-6-10-1-2-11(12)5-10/h10-13,15H,1-9H2. The molecule has 1 aliphatic heterocycles. The van der Waals surface area contributed by atoms with Gasteiger partial charge < -0.3 is 5.32 Å². The number of carbonyl (C=O) groups is 1. The Labute approximate surface area is 108 Å². The normalized spacial score (nSPS) is 40.7. The van der Waals surface area contributed by atoms with Crippen molar-refractivity contribution >= 4 is 17.5 Å². The van der Waals surface area contributed by atoms with Gasteiger partial charge in [0.1, 0.15) is 5.78 Å². The third-order valence-electron chi connectivity index (χ3n) is 4.85. The van der Waals surface area contributed by atoms with Crippen LogP contribution < -0.4 is 5.32 Å². The minimum atomic E-state index is 0.458. The molecule has 3 heteroatoms. The van der Waals surface area contributed by atoms with Gasteiger partial charge in [-0.2, -0.15) is 11.8 Å². The molecule has 3 fully saturated rings. The molecule has 17 heavy (non-hydrogen) atoms. The second-order valence-corrected chi connectivity index (χ2v) is 7.26. The van der Waals surface area contributed by atoms with Crippen LogP contribution in [-0.2, 0) is 4.79 Å². The highest BCUT2D eigenvalue weighted by Crippen LogP contribution is 2.49. The number of hydrogen-bond acceptors (Lipinski definition) is 3. The molecule has 0 amide bonds. The Hall–Kier alpha value is -0.0200. The second-order valence-electron chi connectivity index (χ2n) is 6.11. The minimum absolute atomic E-state index is 0.458. The van der Waals surface area contributed by atoms with Crippen molar-refractivity contribution in [2.75, 3.05) is 18.1 Å². The van der Waals surface area contributed by atoms with Crippen LogP contribution in [-0.4, -0.2) is 29.9 Å². The van der Waals surface area contributed by atoms with Gasteiger partial charge in [0.05, 0.1) is 0 Å². The number of hydrogen-bond donors (Lipinski definition) is 1. The van der Waals surface area contributed by atoms with Gasteiger partial charge in [0, 0.05) is 36.9 Å². The molecule has 0 radical (unpaired) electrons. The molecule has 3 rings (SSSR count). The van der Waals surface area contributed by atoms with Crippen molar-refractivity contribution in [3.05, 3.63) is 0 Å². The lowest BCUT2D eigenvalue weighted by atomic mass is 9.84. The number of Topliss-reactive ketones (excluding diaryl/α,β-unsaturated/α-hetero) is 1. The molecule has 2 aliphatic carbocycles. The van der Waals surface area contributed by atoms with Crippen LogP contribution in [0, 0.1) is 17.8 Å². The first-order valence-electron chi connectivity index (χ1n) is 7.14. The molecule has 0 aromatic rings.